The van der Waals surface area contributed by atoms with Gasteiger partial charge in [-0.05, 0) is 50.5 Å². The molecular formula is C20H24O2. The number of allylic oxidation sites excluding steroid dienone is 6. The Morgan fingerprint density at radius 1 is 1.32 bits per heavy atom. The molecule has 2 heteroatoms. The van der Waals surface area contributed by atoms with E-state index in [4.69, 9.17) is 0 Å². The molecule has 0 N–H and O–H groups in total. The average Bonchev–Trinajstić information content (AvgIpc) is 2.68. The van der Waals surface area contributed by atoms with Crippen molar-refractivity contribution in [1.29, 1.82) is 0 Å². The van der Waals surface area contributed by atoms with Crippen molar-refractivity contribution in [3.8, 4) is 0 Å². The molecule has 0 aromatic heterocycles. The fourth-order valence-corrected chi connectivity index (χ4v) is 4.46. The van der Waals surface area contributed by atoms with Crippen LogP contribution < -0.4 is 0 Å². The van der Waals surface area contributed by atoms with Crippen molar-refractivity contribution in [2.24, 2.45) is 23.7 Å². The second-order valence-corrected chi connectivity index (χ2v) is 7.25. The van der Waals surface area contributed by atoms with Crippen molar-refractivity contribution in [2.75, 3.05) is 0 Å². The zero-order valence-corrected chi connectivity index (χ0v) is 13.7. The largest absolute Gasteiger partial charge is 0.294 e. The van der Waals surface area contributed by atoms with Crippen molar-refractivity contribution in [2.45, 2.75) is 40.0 Å². The van der Waals surface area contributed by atoms with Crippen LogP contribution in [0.5, 0.6) is 0 Å². The van der Waals surface area contributed by atoms with Crippen molar-refractivity contribution < 1.29 is 9.59 Å². The molecule has 0 aliphatic heterocycles. The lowest BCUT2D eigenvalue weighted by Crippen LogP contribution is -2.32. The highest BCUT2D eigenvalue weighted by Gasteiger charge is 2.46. The Kier molecular flexibility index (Phi) is 3.58. The molecule has 0 saturated heterocycles. The van der Waals surface area contributed by atoms with Crippen molar-refractivity contribution in [1.82, 2.24) is 0 Å². The van der Waals surface area contributed by atoms with Crippen LogP contribution in [0, 0.1) is 23.7 Å². The summed E-state index contributed by atoms with van der Waals surface area (Å²) in [4.78, 5) is 25.4. The highest BCUT2D eigenvalue weighted by Crippen LogP contribution is 2.50. The standard InChI is InChI=1S/C20H24O2/c1-10(2)14-7-6-11(3)17-15(14)8-12(4)19(21)16-9-13(5)20(22)18(16)17/h8,13-15,17H,1,3,6-7,9H2,2,4-5H3/t13-,14?,15+,17?/m0/s1. The molecule has 1 saturated carbocycles. The van der Waals surface area contributed by atoms with Gasteiger partial charge in [-0.15, -0.1) is 0 Å². The van der Waals surface area contributed by atoms with Crippen LogP contribution in [0.2, 0.25) is 0 Å². The van der Waals surface area contributed by atoms with Crippen molar-refractivity contribution in [3.05, 3.63) is 47.1 Å². The van der Waals surface area contributed by atoms with Crippen LogP contribution >= 0.6 is 0 Å². The number of hydrogen-bond donors (Lipinski definition) is 0. The third-order valence-electron chi connectivity index (χ3n) is 5.63. The maximum absolute atomic E-state index is 12.7. The smallest absolute Gasteiger partial charge is 0.184 e. The van der Waals surface area contributed by atoms with Gasteiger partial charge in [0.2, 0.25) is 0 Å². The summed E-state index contributed by atoms with van der Waals surface area (Å²) in [5.41, 5.74) is 4.55. The first-order chi connectivity index (χ1) is 10.3. The Labute approximate surface area is 132 Å². The third-order valence-corrected chi connectivity index (χ3v) is 5.63. The third kappa shape index (κ3) is 2.08. The van der Waals surface area contributed by atoms with E-state index in [0.29, 0.717) is 12.3 Å². The van der Waals surface area contributed by atoms with Gasteiger partial charge in [-0.1, -0.05) is 37.3 Å². The van der Waals surface area contributed by atoms with Crippen LogP contribution in [-0.2, 0) is 9.59 Å². The average molecular weight is 296 g/mol. The number of hydrogen-bond acceptors (Lipinski definition) is 2. The molecule has 116 valence electrons. The molecule has 0 bridgehead atoms. The Hall–Kier alpha value is -1.70. The van der Waals surface area contributed by atoms with E-state index in [9.17, 15) is 9.59 Å². The van der Waals surface area contributed by atoms with Gasteiger partial charge in [0.15, 0.2) is 11.6 Å². The number of carbonyl (C=O) groups is 2. The van der Waals surface area contributed by atoms with Gasteiger partial charge in [-0.2, -0.15) is 0 Å². The number of carbonyl (C=O) groups excluding carboxylic acids is 2. The molecular weight excluding hydrogens is 272 g/mol. The first kappa shape index (κ1) is 15.2. The Morgan fingerprint density at radius 3 is 2.64 bits per heavy atom. The molecule has 4 atom stereocenters. The number of fused-ring (bicyclic) bond motifs is 2. The van der Waals surface area contributed by atoms with Gasteiger partial charge < -0.3 is 0 Å². The quantitative estimate of drug-likeness (QED) is 0.680. The van der Waals surface area contributed by atoms with E-state index in [1.54, 1.807) is 0 Å². The van der Waals surface area contributed by atoms with Gasteiger partial charge in [0, 0.05) is 23.0 Å². The van der Waals surface area contributed by atoms with E-state index < -0.39 is 0 Å². The first-order valence-corrected chi connectivity index (χ1v) is 8.16. The summed E-state index contributed by atoms with van der Waals surface area (Å²) in [6.07, 6.45) is 4.61. The normalized spacial score (nSPS) is 35.0. The summed E-state index contributed by atoms with van der Waals surface area (Å²) in [6, 6.07) is 0. The van der Waals surface area contributed by atoms with Crippen molar-refractivity contribution in [3.63, 3.8) is 0 Å². The second kappa shape index (κ2) is 5.19. The number of rotatable bonds is 1. The molecule has 2 unspecified atom stereocenters. The maximum atomic E-state index is 12.7. The molecule has 0 spiro atoms. The predicted molar refractivity (Wildman–Crippen MR) is 88.2 cm³/mol. The molecule has 3 rings (SSSR count). The minimum Gasteiger partial charge on any atom is -0.294 e. The lowest BCUT2D eigenvalue weighted by atomic mass is 9.64. The molecule has 0 radical (unpaired) electrons. The lowest BCUT2D eigenvalue weighted by Gasteiger charge is -2.39. The SMILES string of the molecule is C=C(C)C1CCC(=C)C2C3=C(C[C@H](C)C3=O)C(=O)C(C)=C[C@H]12. The zero-order valence-electron chi connectivity index (χ0n) is 13.7. The van der Waals surface area contributed by atoms with Crippen molar-refractivity contribution >= 4 is 11.6 Å². The molecule has 22 heavy (non-hydrogen) atoms. The Bertz CT molecular complexity index is 659. The number of Topliss-reactive ketones (excluding diaryl/α,β-unsaturated/α-hetero) is 2. The molecule has 0 heterocycles. The van der Waals surface area contributed by atoms with Crippen LogP contribution in [0.3, 0.4) is 0 Å². The van der Waals surface area contributed by atoms with Crippen LogP contribution in [0.15, 0.2) is 47.1 Å². The summed E-state index contributed by atoms with van der Waals surface area (Å²) in [7, 11) is 0. The van der Waals surface area contributed by atoms with E-state index in [1.807, 2.05) is 13.8 Å². The molecule has 0 aromatic rings. The van der Waals surface area contributed by atoms with Gasteiger partial charge in [0.1, 0.15) is 0 Å². The molecule has 3 aliphatic carbocycles. The highest BCUT2D eigenvalue weighted by atomic mass is 16.1. The summed E-state index contributed by atoms with van der Waals surface area (Å²) >= 11 is 0. The minimum absolute atomic E-state index is 0.00398. The highest BCUT2D eigenvalue weighted by molar-refractivity contribution is 6.17. The second-order valence-electron chi connectivity index (χ2n) is 7.25. The molecule has 3 aliphatic rings. The van der Waals surface area contributed by atoms with Gasteiger partial charge in [-0.3, -0.25) is 9.59 Å². The predicted octanol–water partition coefficient (Wildman–Crippen LogP) is 4.20. The summed E-state index contributed by atoms with van der Waals surface area (Å²) in [5.74, 6) is 0.640. The van der Waals surface area contributed by atoms with Gasteiger partial charge in [0.25, 0.3) is 0 Å². The van der Waals surface area contributed by atoms with E-state index in [0.717, 1.165) is 40.7 Å². The monoisotopic (exact) mass is 296 g/mol. The fourth-order valence-electron chi connectivity index (χ4n) is 4.46. The fraction of sp³-hybridized carbons (Fsp3) is 0.500. The maximum Gasteiger partial charge on any atom is 0.184 e. The van der Waals surface area contributed by atoms with Gasteiger partial charge in [-0.25, -0.2) is 0 Å². The van der Waals surface area contributed by atoms with Gasteiger partial charge >= 0.3 is 0 Å². The molecule has 2 nitrogen and oxygen atoms in total. The van der Waals surface area contributed by atoms with E-state index in [1.165, 1.54) is 0 Å². The zero-order chi connectivity index (χ0) is 16.2. The summed E-state index contributed by atoms with van der Waals surface area (Å²) in [6.45, 7) is 14.3. The van der Waals surface area contributed by atoms with E-state index in [-0.39, 0.29) is 29.3 Å². The Balaban J connectivity index is 2.19. The van der Waals surface area contributed by atoms with Crippen LogP contribution in [-0.4, -0.2) is 11.6 Å². The molecule has 0 aromatic carbocycles. The van der Waals surface area contributed by atoms with Crippen LogP contribution in [0.1, 0.15) is 40.0 Å². The Morgan fingerprint density at radius 2 is 2.00 bits per heavy atom. The minimum atomic E-state index is -0.0708. The molecule has 1 fully saturated rings. The summed E-state index contributed by atoms with van der Waals surface area (Å²) in [5, 5.41) is 0. The lowest BCUT2D eigenvalue weighted by molar-refractivity contribution is -0.118. The topological polar surface area (TPSA) is 34.1 Å². The molecule has 0 amide bonds. The van der Waals surface area contributed by atoms with Crippen LogP contribution in [0.25, 0.3) is 0 Å². The van der Waals surface area contributed by atoms with E-state index in [2.05, 4.69) is 26.2 Å². The van der Waals surface area contributed by atoms with Crippen LogP contribution in [0.4, 0.5) is 0 Å². The number of ketones is 2. The van der Waals surface area contributed by atoms with E-state index >= 15 is 0 Å². The van der Waals surface area contributed by atoms with Gasteiger partial charge in [0.05, 0.1) is 0 Å². The first-order valence-electron chi connectivity index (χ1n) is 8.16. The summed E-state index contributed by atoms with van der Waals surface area (Å²) < 4.78 is 0.